The normalized spacial score (nSPS) is 17.6. The molecule has 0 amide bonds. The van der Waals surface area contributed by atoms with Gasteiger partial charge in [-0.25, -0.2) is 4.98 Å². The Morgan fingerprint density at radius 3 is 2.62 bits per heavy atom. The summed E-state index contributed by atoms with van der Waals surface area (Å²) in [5, 5.41) is 3.62. The Kier molecular flexibility index (Phi) is 6.46. The van der Waals surface area contributed by atoms with Crippen molar-refractivity contribution in [3.8, 4) is 5.88 Å². The molecule has 0 saturated heterocycles. The second-order valence-electron chi connectivity index (χ2n) is 6.12. The maximum absolute atomic E-state index is 5.31. The number of methoxy groups -OCH3 is 2. The summed E-state index contributed by atoms with van der Waals surface area (Å²) in [6.07, 6.45) is 9.79. The van der Waals surface area contributed by atoms with Gasteiger partial charge in [-0.05, 0) is 30.2 Å². The number of aromatic nitrogens is 1. The lowest BCUT2D eigenvalue weighted by Crippen LogP contribution is -2.37. The van der Waals surface area contributed by atoms with Crippen molar-refractivity contribution in [3.05, 3.63) is 23.9 Å². The quantitative estimate of drug-likeness (QED) is 0.799. The van der Waals surface area contributed by atoms with E-state index in [2.05, 4.69) is 16.4 Å². The highest BCUT2D eigenvalue weighted by Crippen LogP contribution is 2.38. The van der Waals surface area contributed by atoms with E-state index in [9.17, 15) is 0 Å². The van der Waals surface area contributed by atoms with Crippen molar-refractivity contribution in [2.45, 2.75) is 45.1 Å². The third kappa shape index (κ3) is 4.97. The van der Waals surface area contributed by atoms with Crippen LogP contribution in [0.2, 0.25) is 0 Å². The summed E-state index contributed by atoms with van der Waals surface area (Å²) in [6.45, 7) is 2.81. The van der Waals surface area contributed by atoms with Gasteiger partial charge in [0.05, 0.1) is 7.11 Å². The topological polar surface area (TPSA) is 43.4 Å². The first-order chi connectivity index (χ1) is 10.3. The van der Waals surface area contributed by atoms with Gasteiger partial charge in [0.25, 0.3) is 0 Å². The predicted molar refractivity (Wildman–Crippen MR) is 84.5 cm³/mol. The Morgan fingerprint density at radius 1 is 1.19 bits per heavy atom. The summed E-state index contributed by atoms with van der Waals surface area (Å²) >= 11 is 0. The molecule has 0 spiro atoms. The molecule has 1 N–H and O–H groups in total. The first-order valence-electron chi connectivity index (χ1n) is 7.97. The summed E-state index contributed by atoms with van der Waals surface area (Å²) in [7, 11) is 3.44. The molecular formula is C17H28N2O2. The van der Waals surface area contributed by atoms with Crippen LogP contribution in [-0.2, 0) is 11.3 Å². The van der Waals surface area contributed by atoms with E-state index in [0.29, 0.717) is 11.3 Å². The zero-order chi connectivity index (χ0) is 15.0. The van der Waals surface area contributed by atoms with Crippen LogP contribution in [0.25, 0.3) is 0 Å². The van der Waals surface area contributed by atoms with Crippen LogP contribution in [0.15, 0.2) is 18.3 Å². The van der Waals surface area contributed by atoms with E-state index in [1.165, 1.54) is 37.7 Å². The summed E-state index contributed by atoms with van der Waals surface area (Å²) in [4.78, 5) is 4.25. The lowest BCUT2D eigenvalue weighted by Gasteiger charge is -2.37. The summed E-state index contributed by atoms with van der Waals surface area (Å²) in [6, 6.07) is 3.99. The number of pyridine rings is 1. The highest BCUT2D eigenvalue weighted by molar-refractivity contribution is 5.17. The largest absolute Gasteiger partial charge is 0.481 e. The summed E-state index contributed by atoms with van der Waals surface area (Å²) in [5.41, 5.74) is 1.63. The van der Waals surface area contributed by atoms with Crippen LogP contribution in [0, 0.1) is 5.41 Å². The average Bonchev–Trinajstić information content (AvgIpc) is 2.55. The van der Waals surface area contributed by atoms with Crippen LogP contribution < -0.4 is 10.1 Å². The molecule has 1 fully saturated rings. The molecule has 1 saturated carbocycles. The number of hydrogen-bond donors (Lipinski definition) is 1. The molecular weight excluding hydrogens is 264 g/mol. The van der Waals surface area contributed by atoms with E-state index in [-0.39, 0.29) is 0 Å². The Balaban J connectivity index is 1.83. The van der Waals surface area contributed by atoms with Gasteiger partial charge in [-0.1, -0.05) is 25.3 Å². The first kappa shape index (κ1) is 16.2. The zero-order valence-corrected chi connectivity index (χ0v) is 13.4. The molecule has 0 aliphatic heterocycles. The maximum Gasteiger partial charge on any atom is 0.212 e. The van der Waals surface area contributed by atoms with Crippen LogP contribution in [0.5, 0.6) is 5.88 Å². The molecule has 4 nitrogen and oxygen atoms in total. The molecule has 0 aromatic carbocycles. The van der Waals surface area contributed by atoms with E-state index in [0.717, 1.165) is 26.1 Å². The van der Waals surface area contributed by atoms with Gasteiger partial charge in [0, 0.05) is 39.1 Å². The van der Waals surface area contributed by atoms with Gasteiger partial charge in [0.1, 0.15) is 0 Å². The lowest BCUT2D eigenvalue weighted by molar-refractivity contribution is 0.101. The van der Waals surface area contributed by atoms with Gasteiger partial charge in [-0.2, -0.15) is 0 Å². The van der Waals surface area contributed by atoms with Crippen LogP contribution in [0.1, 0.15) is 44.1 Å². The highest BCUT2D eigenvalue weighted by Gasteiger charge is 2.31. The van der Waals surface area contributed by atoms with Gasteiger partial charge in [-0.15, -0.1) is 0 Å². The van der Waals surface area contributed by atoms with Gasteiger partial charge in [-0.3, -0.25) is 0 Å². The first-order valence-corrected chi connectivity index (χ1v) is 7.97. The van der Waals surface area contributed by atoms with Gasteiger partial charge >= 0.3 is 0 Å². The van der Waals surface area contributed by atoms with Crippen molar-refractivity contribution in [3.63, 3.8) is 0 Å². The molecule has 1 aliphatic rings. The molecule has 1 aliphatic carbocycles. The predicted octanol–water partition coefficient (Wildman–Crippen LogP) is 3.17. The number of nitrogens with one attached hydrogen (secondary N) is 1. The smallest absolute Gasteiger partial charge is 0.212 e. The fourth-order valence-electron chi connectivity index (χ4n) is 3.24. The van der Waals surface area contributed by atoms with E-state index >= 15 is 0 Å². The Bertz CT molecular complexity index is 400. The van der Waals surface area contributed by atoms with Crippen molar-refractivity contribution >= 4 is 0 Å². The van der Waals surface area contributed by atoms with Crippen LogP contribution in [0.3, 0.4) is 0 Å². The van der Waals surface area contributed by atoms with Gasteiger partial charge in [0.2, 0.25) is 5.88 Å². The highest BCUT2D eigenvalue weighted by atomic mass is 16.5. The summed E-state index contributed by atoms with van der Waals surface area (Å²) in [5.74, 6) is 0.669. The third-order valence-corrected chi connectivity index (χ3v) is 4.59. The molecule has 2 rings (SSSR count). The van der Waals surface area contributed by atoms with Crippen molar-refractivity contribution in [2.24, 2.45) is 5.41 Å². The number of nitrogens with zero attached hydrogens (tertiary/aromatic N) is 1. The molecule has 21 heavy (non-hydrogen) atoms. The molecule has 1 heterocycles. The molecule has 0 atom stereocenters. The second-order valence-corrected chi connectivity index (χ2v) is 6.12. The molecule has 118 valence electrons. The number of ether oxygens (including phenoxy) is 2. The van der Waals surface area contributed by atoms with E-state index < -0.39 is 0 Å². The van der Waals surface area contributed by atoms with E-state index in [1.54, 1.807) is 14.2 Å². The number of rotatable bonds is 8. The lowest BCUT2D eigenvalue weighted by atomic mass is 9.72. The molecule has 1 aromatic rings. The Hall–Kier alpha value is -1.13. The number of hydrogen-bond acceptors (Lipinski definition) is 4. The summed E-state index contributed by atoms with van der Waals surface area (Å²) < 4.78 is 10.4. The third-order valence-electron chi connectivity index (χ3n) is 4.59. The standard InChI is InChI=1S/C17H28N2O2/c1-20-11-10-17(8-4-3-5-9-17)14-18-12-15-6-7-16(21-2)19-13-15/h6-7,13,18H,3-5,8-12,14H2,1-2H3. The van der Waals surface area contributed by atoms with Crippen LogP contribution in [0.4, 0.5) is 0 Å². The van der Waals surface area contributed by atoms with E-state index in [1.807, 2.05) is 12.3 Å². The fourth-order valence-corrected chi connectivity index (χ4v) is 3.24. The van der Waals surface area contributed by atoms with Crippen molar-refractivity contribution in [2.75, 3.05) is 27.4 Å². The van der Waals surface area contributed by atoms with Crippen molar-refractivity contribution in [1.29, 1.82) is 0 Å². The van der Waals surface area contributed by atoms with Gasteiger partial charge < -0.3 is 14.8 Å². The van der Waals surface area contributed by atoms with Gasteiger partial charge in [0.15, 0.2) is 0 Å². The molecule has 0 radical (unpaired) electrons. The monoisotopic (exact) mass is 292 g/mol. The van der Waals surface area contributed by atoms with Crippen molar-refractivity contribution in [1.82, 2.24) is 10.3 Å². The minimum atomic E-state index is 0.425. The Morgan fingerprint density at radius 2 is 2.00 bits per heavy atom. The minimum Gasteiger partial charge on any atom is -0.481 e. The van der Waals surface area contributed by atoms with E-state index in [4.69, 9.17) is 9.47 Å². The van der Waals surface area contributed by atoms with Crippen LogP contribution >= 0.6 is 0 Å². The average molecular weight is 292 g/mol. The molecule has 0 bridgehead atoms. The molecule has 4 heteroatoms. The van der Waals surface area contributed by atoms with Crippen LogP contribution in [-0.4, -0.2) is 32.4 Å². The van der Waals surface area contributed by atoms with Crippen molar-refractivity contribution < 1.29 is 9.47 Å². The minimum absolute atomic E-state index is 0.425. The maximum atomic E-state index is 5.31. The second kappa shape index (κ2) is 8.35. The SMILES string of the molecule is COCCC1(CNCc2ccc(OC)nc2)CCCCC1. The molecule has 0 unspecified atom stereocenters. The zero-order valence-electron chi connectivity index (χ0n) is 13.4. The fraction of sp³-hybridized carbons (Fsp3) is 0.706. The Labute approximate surface area is 128 Å². The molecule has 1 aromatic heterocycles.